The highest BCUT2D eigenvalue weighted by Gasteiger charge is 2.39. The Morgan fingerprint density at radius 2 is 2.04 bits per heavy atom. The van der Waals surface area contributed by atoms with Crippen LogP contribution in [0.1, 0.15) is 24.3 Å². The van der Waals surface area contributed by atoms with E-state index in [0.29, 0.717) is 0 Å². The van der Waals surface area contributed by atoms with Crippen molar-refractivity contribution >= 4 is 15.9 Å². The summed E-state index contributed by atoms with van der Waals surface area (Å²) in [5, 5.41) is 9.85. The van der Waals surface area contributed by atoms with Gasteiger partial charge in [0, 0.05) is 37.6 Å². The lowest BCUT2D eigenvalue weighted by atomic mass is 10.1. The van der Waals surface area contributed by atoms with Crippen molar-refractivity contribution in [1.82, 2.24) is 29.6 Å². The summed E-state index contributed by atoms with van der Waals surface area (Å²) in [7, 11) is -3.65. The van der Waals surface area contributed by atoms with Crippen LogP contribution in [0.25, 0.3) is 0 Å². The van der Waals surface area contributed by atoms with Crippen molar-refractivity contribution in [2.75, 3.05) is 13.1 Å². The highest BCUT2D eigenvalue weighted by molar-refractivity contribution is 7.89. The van der Waals surface area contributed by atoms with Crippen molar-refractivity contribution in [3.05, 3.63) is 36.4 Å². The molecule has 0 radical (unpaired) electrons. The summed E-state index contributed by atoms with van der Waals surface area (Å²) in [6.45, 7) is 4.09. The molecule has 0 saturated carbocycles. The van der Waals surface area contributed by atoms with Crippen molar-refractivity contribution in [3.8, 4) is 0 Å². The second-order valence-corrected chi connectivity index (χ2v) is 7.66. The lowest BCUT2D eigenvalue weighted by molar-refractivity contribution is 0.0501. The van der Waals surface area contributed by atoms with E-state index in [4.69, 9.17) is 0 Å². The predicted octanol–water partition coefficient (Wildman–Crippen LogP) is 0.123. The number of amides is 1. The highest BCUT2D eigenvalue weighted by Crippen LogP contribution is 2.24. The second-order valence-electron chi connectivity index (χ2n) is 5.77. The lowest BCUT2D eigenvalue weighted by Crippen LogP contribution is -2.59. The molecular formula is C14H18N6O3S. The van der Waals surface area contributed by atoms with E-state index in [1.54, 1.807) is 17.9 Å². The van der Waals surface area contributed by atoms with Gasteiger partial charge < -0.3 is 4.90 Å². The molecule has 0 spiro atoms. The maximum Gasteiger partial charge on any atom is 0.276 e. The summed E-state index contributed by atoms with van der Waals surface area (Å²) in [6, 6.07) is 2.47. The van der Waals surface area contributed by atoms with E-state index in [-0.39, 0.29) is 41.7 Å². The van der Waals surface area contributed by atoms with E-state index < -0.39 is 10.0 Å². The smallest absolute Gasteiger partial charge is 0.276 e. The number of H-pyrrole nitrogens is 1. The molecule has 10 heteroatoms. The number of rotatable bonds is 3. The van der Waals surface area contributed by atoms with Crippen LogP contribution in [0.2, 0.25) is 0 Å². The van der Waals surface area contributed by atoms with Crippen LogP contribution < -0.4 is 0 Å². The molecule has 24 heavy (non-hydrogen) atoms. The van der Waals surface area contributed by atoms with E-state index in [2.05, 4.69) is 20.4 Å². The Morgan fingerprint density at radius 3 is 2.67 bits per heavy atom. The van der Waals surface area contributed by atoms with Crippen molar-refractivity contribution < 1.29 is 13.2 Å². The fourth-order valence-electron chi connectivity index (χ4n) is 2.80. The fraction of sp³-hybridized carbons (Fsp3) is 0.429. The van der Waals surface area contributed by atoms with Crippen molar-refractivity contribution in [2.24, 2.45) is 0 Å². The van der Waals surface area contributed by atoms with Crippen LogP contribution in [0, 0.1) is 0 Å². The van der Waals surface area contributed by atoms with Gasteiger partial charge >= 0.3 is 0 Å². The first-order valence-corrected chi connectivity index (χ1v) is 8.94. The van der Waals surface area contributed by atoms with Crippen LogP contribution in [0.5, 0.6) is 0 Å². The molecule has 1 aliphatic heterocycles. The number of pyridine rings is 1. The minimum absolute atomic E-state index is 0.153. The quantitative estimate of drug-likeness (QED) is 0.842. The number of aromatic amines is 1. The first kappa shape index (κ1) is 16.5. The Balaban J connectivity index is 1.82. The molecule has 2 aromatic heterocycles. The number of sulfonamides is 1. The molecule has 1 aliphatic rings. The van der Waals surface area contributed by atoms with Gasteiger partial charge in [-0.05, 0) is 26.0 Å². The van der Waals surface area contributed by atoms with Crippen molar-refractivity contribution in [3.63, 3.8) is 0 Å². The topological polar surface area (TPSA) is 112 Å². The Morgan fingerprint density at radius 1 is 1.25 bits per heavy atom. The number of nitrogens with one attached hydrogen (secondary N) is 1. The third kappa shape index (κ3) is 2.89. The number of hydrogen-bond acceptors (Lipinski definition) is 6. The van der Waals surface area contributed by atoms with Gasteiger partial charge in [0.25, 0.3) is 5.91 Å². The van der Waals surface area contributed by atoms with Crippen LogP contribution in [0.15, 0.2) is 35.6 Å². The zero-order valence-corrected chi connectivity index (χ0v) is 14.1. The van der Waals surface area contributed by atoms with Gasteiger partial charge in [0.1, 0.15) is 4.90 Å². The van der Waals surface area contributed by atoms with Gasteiger partial charge in [0.2, 0.25) is 10.0 Å². The Hall–Kier alpha value is -2.33. The van der Waals surface area contributed by atoms with Crippen LogP contribution in [-0.2, 0) is 10.0 Å². The summed E-state index contributed by atoms with van der Waals surface area (Å²) in [5.74, 6) is -0.262. The molecule has 2 atom stereocenters. The van der Waals surface area contributed by atoms with E-state index in [1.165, 1.54) is 29.0 Å². The molecule has 9 nitrogen and oxygen atoms in total. The average Bonchev–Trinajstić information content (AvgIpc) is 3.11. The lowest BCUT2D eigenvalue weighted by Gasteiger charge is -2.42. The normalized spacial score (nSPS) is 22.5. The third-order valence-corrected chi connectivity index (χ3v) is 6.03. The molecular weight excluding hydrogens is 332 g/mol. The molecule has 0 aliphatic carbocycles. The summed E-state index contributed by atoms with van der Waals surface area (Å²) in [5.41, 5.74) is 0.220. The molecule has 1 N–H and O–H groups in total. The summed E-state index contributed by atoms with van der Waals surface area (Å²) >= 11 is 0. The van der Waals surface area contributed by atoms with E-state index in [9.17, 15) is 13.2 Å². The molecule has 2 aromatic rings. The number of carbonyl (C=O) groups excluding carboxylic acids is 1. The fourth-order valence-corrected chi connectivity index (χ4v) is 4.47. The van der Waals surface area contributed by atoms with Gasteiger partial charge in [0.15, 0.2) is 5.69 Å². The number of aromatic nitrogens is 4. The number of hydrogen-bond donors (Lipinski definition) is 1. The zero-order chi connectivity index (χ0) is 17.3. The van der Waals surface area contributed by atoms with Crippen LogP contribution in [0.3, 0.4) is 0 Å². The Labute approximate surface area is 139 Å². The van der Waals surface area contributed by atoms with Crippen LogP contribution >= 0.6 is 0 Å². The van der Waals surface area contributed by atoms with Gasteiger partial charge in [-0.2, -0.15) is 19.7 Å². The molecule has 0 bridgehead atoms. The first-order chi connectivity index (χ1) is 11.4. The molecule has 1 saturated heterocycles. The predicted molar refractivity (Wildman–Crippen MR) is 84.5 cm³/mol. The summed E-state index contributed by atoms with van der Waals surface area (Å²) in [6.07, 6.45) is 4.22. The summed E-state index contributed by atoms with van der Waals surface area (Å²) < 4.78 is 27.0. The number of carbonyl (C=O) groups is 1. The Kier molecular flexibility index (Phi) is 4.33. The molecule has 128 valence electrons. The largest absolute Gasteiger partial charge is 0.332 e. The molecule has 1 amide bonds. The third-order valence-electron chi connectivity index (χ3n) is 4.06. The number of nitrogens with zero attached hydrogens (tertiary/aromatic N) is 5. The average molecular weight is 350 g/mol. The van der Waals surface area contributed by atoms with Gasteiger partial charge in [0.05, 0.1) is 6.20 Å². The first-order valence-electron chi connectivity index (χ1n) is 7.50. The van der Waals surface area contributed by atoms with Crippen molar-refractivity contribution in [1.29, 1.82) is 0 Å². The minimum atomic E-state index is -3.65. The minimum Gasteiger partial charge on any atom is -0.332 e. The van der Waals surface area contributed by atoms with Crippen molar-refractivity contribution in [2.45, 2.75) is 30.8 Å². The van der Waals surface area contributed by atoms with Gasteiger partial charge in [-0.1, -0.05) is 0 Å². The number of piperazine rings is 1. The molecule has 1 fully saturated rings. The summed E-state index contributed by atoms with van der Waals surface area (Å²) in [4.78, 5) is 18.1. The van der Waals surface area contributed by atoms with E-state index in [1.807, 2.05) is 6.92 Å². The molecule has 0 aromatic carbocycles. The van der Waals surface area contributed by atoms with E-state index >= 15 is 0 Å². The Bertz CT molecular complexity index is 808. The van der Waals surface area contributed by atoms with Gasteiger partial charge in [-0.15, -0.1) is 0 Å². The van der Waals surface area contributed by atoms with E-state index in [0.717, 1.165) is 0 Å². The second kappa shape index (κ2) is 6.29. The molecule has 3 rings (SSSR count). The highest BCUT2D eigenvalue weighted by atomic mass is 32.2. The zero-order valence-electron chi connectivity index (χ0n) is 13.3. The van der Waals surface area contributed by atoms with Crippen LogP contribution in [-0.4, -0.2) is 69.1 Å². The molecule has 0 unspecified atom stereocenters. The van der Waals surface area contributed by atoms with Gasteiger partial charge in [-0.3, -0.25) is 9.78 Å². The van der Waals surface area contributed by atoms with Gasteiger partial charge in [-0.25, -0.2) is 8.42 Å². The standard InChI is InChI=1S/C14H18N6O3S/c1-10-9-20(24(22,23)12-4-3-5-15-6-12)11(2)8-19(10)14(21)13-7-16-18-17-13/h3-7,10-11H,8-9H2,1-2H3,(H,16,17,18)/t10-,11+/m0/s1. The molecule has 3 heterocycles. The van der Waals surface area contributed by atoms with Crippen LogP contribution in [0.4, 0.5) is 0 Å². The SMILES string of the molecule is C[C@@H]1CN(C(=O)c2cn[nH]n2)[C@@H](C)CN1S(=O)(=O)c1cccnc1. The maximum absolute atomic E-state index is 12.8. The monoisotopic (exact) mass is 350 g/mol. The maximum atomic E-state index is 12.8.